The molecule has 0 aromatic rings. The van der Waals surface area contributed by atoms with Gasteiger partial charge in [-0.25, -0.2) is 0 Å². The van der Waals surface area contributed by atoms with Crippen LogP contribution in [-0.2, 0) is 9.59 Å². The van der Waals surface area contributed by atoms with E-state index in [1.54, 1.807) is 0 Å². The molecule has 0 aromatic carbocycles. The molecule has 0 radical (unpaired) electrons. The zero-order chi connectivity index (χ0) is 13.2. The Labute approximate surface area is 114 Å². The summed E-state index contributed by atoms with van der Waals surface area (Å²) in [6.45, 7) is 3.10. The van der Waals surface area contributed by atoms with Crippen molar-refractivity contribution in [2.24, 2.45) is 0 Å². The van der Waals surface area contributed by atoms with E-state index < -0.39 is 0 Å². The minimum absolute atomic E-state index is 0.00685. The highest BCUT2D eigenvalue weighted by atomic mass is 16.2. The van der Waals surface area contributed by atoms with Crippen molar-refractivity contribution in [3.8, 4) is 0 Å². The van der Waals surface area contributed by atoms with Gasteiger partial charge in [0.1, 0.15) is 0 Å². The van der Waals surface area contributed by atoms with Crippen LogP contribution in [0.2, 0.25) is 0 Å². The minimum atomic E-state index is 0.00685. The lowest BCUT2D eigenvalue weighted by atomic mass is 10.2. The Hall–Kier alpha value is -0.940. The van der Waals surface area contributed by atoms with E-state index >= 15 is 0 Å². The van der Waals surface area contributed by atoms with Gasteiger partial charge in [-0.1, -0.05) is 0 Å². The summed E-state index contributed by atoms with van der Waals surface area (Å²) in [7, 11) is 0. The summed E-state index contributed by atoms with van der Waals surface area (Å²) < 4.78 is 0. The van der Waals surface area contributed by atoms with Gasteiger partial charge in [0.25, 0.3) is 0 Å². The Morgan fingerprint density at radius 2 is 2.16 bits per heavy atom. The SMILES string of the molecule is O=C1CCCN1C(=O)CN(CC1CCCN1)C1CC1. The van der Waals surface area contributed by atoms with Gasteiger partial charge in [0.05, 0.1) is 6.54 Å². The van der Waals surface area contributed by atoms with E-state index in [1.807, 2.05) is 0 Å². The maximum atomic E-state index is 12.2. The second-order valence-corrected chi connectivity index (χ2v) is 6.00. The Morgan fingerprint density at radius 1 is 1.32 bits per heavy atom. The average Bonchev–Trinajstić information content (AvgIpc) is 2.94. The molecule has 5 nitrogen and oxygen atoms in total. The molecule has 0 aromatic heterocycles. The number of hydrogen-bond donors (Lipinski definition) is 1. The number of likely N-dealkylation sites (tertiary alicyclic amines) is 1. The number of imide groups is 1. The third-order valence-electron chi connectivity index (χ3n) is 4.39. The van der Waals surface area contributed by atoms with E-state index in [4.69, 9.17) is 0 Å². The average molecular weight is 265 g/mol. The highest BCUT2D eigenvalue weighted by Gasteiger charge is 2.35. The third kappa shape index (κ3) is 3.15. The number of carbonyl (C=O) groups excluding carboxylic acids is 2. The quantitative estimate of drug-likeness (QED) is 0.779. The maximum absolute atomic E-state index is 12.2. The maximum Gasteiger partial charge on any atom is 0.243 e. The Kier molecular flexibility index (Phi) is 3.84. The van der Waals surface area contributed by atoms with Crippen LogP contribution >= 0.6 is 0 Å². The minimum Gasteiger partial charge on any atom is -0.313 e. The van der Waals surface area contributed by atoms with Crippen LogP contribution in [0.4, 0.5) is 0 Å². The normalized spacial score (nSPS) is 27.5. The Bertz CT molecular complexity index is 362. The van der Waals surface area contributed by atoms with Gasteiger partial charge in [0.2, 0.25) is 11.8 Å². The van der Waals surface area contributed by atoms with Crippen LogP contribution in [0.3, 0.4) is 0 Å². The molecule has 1 aliphatic carbocycles. The van der Waals surface area contributed by atoms with E-state index in [0.717, 1.165) is 19.5 Å². The largest absolute Gasteiger partial charge is 0.313 e. The Balaban J connectivity index is 1.54. The molecule has 1 saturated carbocycles. The van der Waals surface area contributed by atoms with E-state index in [2.05, 4.69) is 10.2 Å². The highest BCUT2D eigenvalue weighted by molar-refractivity contribution is 5.97. The van der Waals surface area contributed by atoms with Crippen molar-refractivity contribution >= 4 is 11.8 Å². The van der Waals surface area contributed by atoms with Crippen LogP contribution in [0.1, 0.15) is 38.5 Å². The molecular formula is C14H23N3O2. The molecule has 1 unspecified atom stereocenters. The summed E-state index contributed by atoms with van der Waals surface area (Å²) in [5, 5.41) is 3.49. The van der Waals surface area contributed by atoms with Gasteiger partial charge in [0, 0.05) is 31.6 Å². The molecule has 3 fully saturated rings. The lowest BCUT2D eigenvalue weighted by Gasteiger charge is -2.26. The first kappa shape index (κ1) is 13.1. The van der Waals surface area contributed by atoms with Gasteiger partial charge in [-0.05, 0) is 38.6 Å². The van der Waals surface area contributed by atoms with Crippen molar-refractivity contribution in [2.45, 2.75) is 50.6 Å². The van der Waals surface area contributed by atoms with E-state index in [9.17, 15) is 9.59 Å². The molecule has 1 N–H and O–H groups in total. The second kappa shape index (κ2) is 5.59. The molecule has 1 atom stereocenters. The summed E-state index contributed by atoms with van der Waals surface area (Å²) in [6.07, 6.45) is 6.22. The van der Waals surface area contributed by atoms with Gasteiger partial charge in [-0.3, -0.25) is 19.4 Å². The summed E-state index contributed by atoms with van der Waals surface area (Å²) >= 11 is 0. The van der Waals surface area contributed by atoms with Crippen molar-refractivity contribution in [2.75, 3.05) is 26.2 Å². The van der Waals surface area contributed by atoms with Crippen molar-refractivity contribution in [1.82, 2.24) is 15.1 Å². The van der Waals surface area contributed by atoms with Crippen molar-refractivity contribution in [1.29, 1.82) is 0 Å². The van der Waals surface area contributed by atoms with E-state index in [0.29, 0.717) is 31.6 Å². The molecule has 3 rings (SSSR count). The third-order valence-corrected chi connectivity index (χ3v) is 4.39. The predicted octanol–water partition coefficient (Wildman–Crippen LogP) is 0.352. The lowest BCUT2D eigenvalue weighted by Crippen LogP contribution is -2.45. The van der Waals surface area contributed by atoms with Crippen molar-refractivity contribution in [3.05, 3.63) is 0 Å². The molecule has 3 aliphatic rings. The van der Waals surface area contributed by atoms with Crippen LogP contribution in [0.25, 0.3) is 0 Å². The van der Waals surface area contributed by atoms with Crippen LogP contribution in [0.15, 0.2) is 0 Å². The standard InChI is InChI=1S/C14H23N3O2/c18-13-4-2-8-17(13)14(19)10-16(12-5-6-12)9-11-3-1-7-15-11/h11-12,15H,1-10H2. The fourth-order valence-corrected chi connectivity index (χ4v) is 3.15. The van der Waals surface area contributed by atoms with E-state index in [1.165, 1.54) is 30.6 Å². The number of hydrogen-bond acceptors (Lipinski definition) is 4. The summed E-state index contributed by atoms with van der Waals surface area (Å²) in [5.74, 6) is 0.0205. The second-order valence-electron chi connectivity index (χ2n) is 6.00. The zero-order valence-electron chi connectivity index (χ0n) is 11.4. The van der Waals surface area contributed by atoms with Crippen LogP contribution in [0.5, 0.6) is 0 Å². The van der Waals surface area contributed by atoms with Gasteiger partial charge in [0.15, 0.2) is 0 Å². The van der Waals surface area contributed by atoms with Gasteiger partial charge in [-0.15, -0.1) is 0 Å². The topological polar surface area (TPSA) is 52.7 Å². The number of rotatable bonds is 5. The lowest BCUT2D eigenvalue weighted by molar-refractivity contribution is -0.142. The monoisotopic (exact) mass is 265 g/mol. The number of nitrogens with zero attached hydrogens (tertiary/aromatic N) is 2. The molecule has 2 amide bonds. The molecule has 2 saturated heterocycles. The first-order chi connectivity index (χ1) is 9.24. The highest BCUT2D eigenvalue weighted by Crippen LogP contribution is 2.27. The van der Waals surface area contributed by atoms with Crippen LogP contribution < -0.4 is 5.32 Å². The van der Waals surface area contributed by atoms with Crippen LogP contribution in [0, 0.1) is 0 Å². The molecule has 106 valence electrons. The first-order valence-corrected chi connectivity index (χ1v) is 7.54. The van der Waals surface area contributed by atoms with Crippen molar-refractivity contribution in [3.63, 3.8) is 0 Å². The smallest absolute Gasteiger partial charge is 0.243 e. The first-order valence-electron chi connectivity index (χ1n) is 7.54. The van der Waals surface area contributed by atoms with Gasteiger partial charge in [-0.2, -0.15) is 0 Å². The van der Waals surface area contributed by atoms with E-state index in [-0.39, 0.29) is 11.8 Å². The Morgan fingerprint density at radius 3 is 2.74 bits per heavy atom. The molecule has 2 aliphatic heterocycles. The van der Waals surface area contributed by atoms with Gasteiger partial charge < -0.3 is 5.32 Å². The van der Waals surface area contributed by atoms with Crippen molar-refractivity contribution < 1.29 is 9.59 Å². The number of nitrogens with one attached hydrogen (secondary N) is 1. The van der Waals surface area contributed by atoms with Crippen LogP contribution in [-0.4, -0.2) is 59.9 Å². The molecule has 2 heterocycles. The summed E-state index contributed by atoms with van der Waals surface area (Å²) in [4.78, 5) is 27.6. The number of carbonyl (C=O) groups is 2. The number of amides is 2. The molecule has 5 heteroatoms. The van der Waals surface area contributed by atoms with Gasteiger partial charge >= 0.3 is 0 Å². The molecule has 0 spiro atoms. The zero-order valence-corrected chi connectivity index (χ0v) is 11.4. The molecular weight excluding hydrogens is 242 g/mol. The molecule has 0 bridgehead atoms. The fourth-order valence-electron chi connectivity index (χ4n) is 3.15. The summed E-state index contributed by atoms with van der Waals surface area (Å²) in [5.41, 5.74) is 0. The molecule has 19 heavy (non-hydrogen) atoms. The fraction of sp³-hybridized carbons (Fsp3) is 0.857. The predicted molar refractivity (Wildman–Crippen MR) is 71.6 cm³/mol. The summed E-state index contributed by atoms with van der Waals surface area (Å²) in [6, 6.07) is 1.10.